The van der Waals surface area contributed by atoms with Gasteiger partial charge in [0, 0.05) is 18.8 Å². The molecule has 2 aromatic rings. The topological polar surface area (TPSA) is 51.7 Å². The molecule has 0 bridgehead atoms. The molecule has 1 aromatic carbocycles. The maximum absolute atomic E-state index is 12.9. The highest BCUT2D eigenvalue weighted by Gasteiger charge is 2.31. The smallest absolute Gasteiger partial charge is 0.229 e. The van der Waals surface area contributed by atoms with Crippen molar-refractivity contribution in [2.75, 3.05) is 20.3 Å². The van der Waals surface area contributed by atoms with Crippen LogP contribution in [0.15, 0.2) is 48.7 Å². The van der Waals surface area contributed by atoms with Gasteiger partial charge >= 0.3 is 0 Å². The van der Waals surface area contributed by atoms with E-state index in [1.54, 1.807) is 25.4 Å². The van der Waals surface area contributed by atoms with Crippen molar-refractivity contribution in [3.05, 3.63) is 59.9 Å². The van der Waals surface area contributed by atoms with Crippen LogP contribution in [0.3, 0.4) is 0 Å². The first kappa shape index (κ1) is 16.5. The lowest BCUT2D eigenvalue weighted by Gasteiger charge is -2.39. The van der Waals surface area contributed by atoms with Gasteiger partial charge in [-0.2, -0.15) is 0 Å². The summed E-state index contributed by atoms with van der Waals surface area (Å²) >= 11 is 0. The average molecular weight is 326 g/mol. The zero-order valence-corrected chi connectivity index (χ0v) is 14.0. The first-order valence-corrected chi connectivity index (χ1v) is 8.12. The van der Waals surface area contributed by atoms with Gasteiger partial charge in [-0.3, -0.25) is 9.78 Å². The van der Waals surface area contributed by atoms with Gasteiger partial charge in [-0.05, 0) is 18.6 Å². The van der Waals surface area contributed by atoms with Crippen molar-refractivity contribution in [3.8, 4) is 5.75 Å². The van der Waals surface area contributed by atoms with Crippen LogP contribution in [0.5, 0.6) is 5.75 Å². The van der Waals surface area contributed by atoms with Gasteiger partial charge < -0.3 is 14.4 Å². The van der Waals surface area contributed by atoms with Gasteiger partial charge in [0.1, 0.15) is 5.75 Å². The monoisotopic (exact) mass is 326 g/mol. The number of morpholine rings is 1. The number of methoxy groups -OCH3 is 1. The molecule has 0 spiro atoms. The van der Waals surface area contributed by atoms with Crippen LogP contribution in [0, 0.1) is 0 Å². The van der Waals surface area contributed by atoms with Gasteiger partial charge in [-0.1, -0.05) is 30.3 Å². The van der Waals surface area contributed by atoms with E-state index in [4.69, 9.17) is 9.47 Å². The molecule has 1 aliphatic heterocycles. The average Bonchev–Trinajstić information content (AvgIpc) is 2.62. The highest BCUT2D eigenvalue weighted by Crippen LogP contribution is 2.27. The Bertz CT molecular complexity index is 690. The summed E-state index contributed by atoms with van der Waals surface area (Å²) in [6.07, 6.45) is 1.96. The predicted octanol–water partition coefficient (Wildman–Crippen LogP) is 2.62. The number of amides is 1. The number of ether oxygens (including phenoxy) is 2. The van der Waals surface area contributed by atoms with Gasteiger partial charge in [0.2, 0.25) is 5.91 Å². The molecule has 2 heterocycles. The second kappa shape index (κ2) is 7.45. The summed E-state index contributed by atoms with van der Waals surface area (Å²) in [5.74, 6) is 0.766. The summed E-state index contributed by atoms with van der Waals surface area (Å²) in [4.78, 5) is 19.1. The Morgan fingerprint density at radius 3 is 2.88 bits per heavy atom. The Morgan fingerprint density at radius 1 is 1.33 bits per heavy atom. The lowest BCUT2D eigenvalue weighted by Crippen LogP contribution is -2.47. The van der Waals surface area contributed by atoms with E-state index in [0.717, 1.165) is 5.56 Å². The minimum Gasteiger partial charge on any atom is -0.497 e. The summed E-state index contributed by atoms with van der Waals surface area (Å²) in [6.45, 7) is 3.09. The van der Waals surface area contributed by atoms with E-state index in [-0.39, 0.29) is 24.5 Å². The van der Waals surface area contributed by atoms with E-state index < -0.39 is 0 Å². The van der Waals surface area contributed by atoms with Crippen molar-refractivity contribution in [2.45, 2.75) is 25.5 Å². The highest BCUT2D eigenvalue weighted by molar-refractivity contribution is 5.79. The summed E-state index contributed by atoms with van der Waals surface area (Å²) < 4.78 is 11.0. The van der Waals surface area contributed by atoms with Gasteiger partial charge in [0.15, 0.2) is 0 Å². The molecular weight excluding hydrogens is 304 g/mol. The number of aromatic nitrogens is 1. The molecule has 3 rings (SSSR count). The largest absolute Gasteiger partial charge is 0.497 e. The lowest BCUT2D eigenvalue weighted by atomic mass is 10.0. The summed E-state index contributed by atoms with van der Waals surface area (Å²) in [6, 6.07) is 13.5. The summed E-state index contributed by atoms with van der Waals surface area (Å²) in [5.41, 5.74) is 1.81. The van der Waals surface area contributed by atoms with Crippen molar-refractivity contribution >= 4 is 5.91 Å². The van der Waals surface area contributed by atoms with Crippen LogP contribution in [-0.2, 0) is 16.0 Å². The number of hydrogen-bond donors (Lipinski definition) is 0. The molecule has 5 nitrogen and oxygen atoms in total. The number of rotatable bonds is 4. The minimum absolute atomic E-state index is 0.0344. The van der Waals surface area contributed by atoms with Crippen molar-refractivity contribution in [1.82, 2.24) is 9.88 Å². The molecule has 0 radical (unpaired) electrons. The van der Waals surface area contributed by atoms with Crippen LogP contribution in [0.4, 0.5) is 0 Å². The third-order valence-corrected chi connectivity index (χ3v) is 4.23. The predicted molar refractivity (Wildman–Crippen MR) is 90.8 cm³/mol. The third kappa shape index (κ3) is 3.74. The van der Waals surface area contributed by atoms with Crippen LogP contribution >= 0.6 is 0 Å². The second-order valence-corrected chi connectivity index (χ2v) is 5.98. The Morgan fingerprint density at radius 2 is 2.12 bits per heavy atom. The van der Waals surface area contributed by atoms with E-state index in [2.05, 4.69) is 4.98 Å². The van der Waals surface area contributed by atoms with Crippen molar-refractivity contribution in [3.63, 3.8) is 0 Å². The number of pyridine rings is 1. The molecule has 126 valence electrons. The van der Waals surface area contributed by atoms with E-state index in [1.807, 2.05) is 42.2 Å². The van der Waals surface area contributed by atoms with Gasteiger partial charge in [0.05, 0.1) is 38.0 Å². The third-order valence-electron chi connectivity index (χ3n) is 4.23. The van der Waals surface area contributed by atoms with Crippen molar-refractivity contribution < 1.29 is 14.3 Å². The van der Waals surface area contributed by atoms with Crippen LogP contribution in [0.25, 0.3) is 0 Å². The van der Waals surface area contributed by atoms with Gasteiger partial charge in [-0.15, -0.1) is 0 Å². The van der Waals surface area contributed by atoms with Gasteiger partial charge in [0.25, 0.3) is 0 Å². The van der Waals surface area contributed by atoms with Crippen LogP contribution in [0.1, 0.15) is 24.2 Å². The Kier molecular flexibility index (Phi) is 5.11. The molecule has 1 saturated heterocycles. The lowest BCUT2D eigenvalue weighted by molar-refractivity contribution is -0.144. The maximum Gasteiger partial charge on any atom is 0.229 e. The van der Waals surface area contributed by atoms with E-state index in [0.29, 0.717) is 24.6 Å². The zero-order chi connectivity index (χ0) is 16.9. The van der Waals surface area contributed by atoms with E-state index in [9.17, 15) is 4.79 Å². The van der Waals surface area contributed by atoms with E-state index >= 15 is 0 Å². The maximum atomic E-state index is 12.9. The first-order chi connectivity index (χ1) is 11.7. The minimum atomic E-state index is -0.0551. The SMILES string of the molecule is COc1ccnc(CC(=O)N2C[C@H](C)OC[C@@H]2c2ccccc2)c1. The second-order valence-electron chi connectivity index (χ2n) is 5.98. The molecule has 0 saturated carbocycles. The highest BCUT2D eigenvalue weighted by atomic mass is 16.5. The zero-order valence-electron chi connectivity index (χ0n) is 14.0. The molecule has 2 atom stereocenters. The first-order valence-electron chi connectivity index (χ1n) is 8.12. The molecule has 24 heavy (non-hydrogen) atoms. The number of hydrogen-bond acceptors (Lipinski definition) is 4. The molecule has 0 unspecified atom stereocenters. The molecule has 0 N–H and O–H groups in total. The number of carbonyl (C=O) groups excluding carboxylic acids is 1. The number of nitrogens with zero attached hydrogens (tertiary/aromatic N) is 2. The molecule has 0 aliphatic carbocycles. The van der Waals surface area contributed by atoms with Crippen LogP contribution in [-0.4, -0.2) is 42.2 Å². The fourth-order valence-electron chi connectivity index (χ4n) is 2.97. The molecule has 1 aliphatic rings. The molecule has 1 fully saturated rings. The fourth-order valence-corrected chi connectivity index (χ4v) is 2.97. The molecule has 1 amide bonds. The van der Waals surface area contributed by atoms with Crippen LogP contribution in [0.2, 0.25) is 0 Å². The summed E-state index contributed by atoms with van der Waals surface area (Å²) in [7, 11) is 1.61. The Hall–Kier alpha value is -2.40. The molecule has 5 heteroatoms. The van der Waals surface area contributed by atoms with Crippen molar-refractivity contribution in [2.24, 2.45) is 0 Å². The fraction of sp³-hybridized carbons (Fsp3) is 0.368. The molecular formula is C19H22N2O3. The van der Waals surface area contributed by atoms with Crippen LogP contribution < -0.4 is 4.74 Å². The molecule has 1 aromatic heterocycles. The van der Waals surface area contributed by atoms with Crippen molar-refractivity contribution in [1.29, 1.82) is 0 Å². The Balaban J connectivity index is 1.79. The normalized spacial score (nSPS) is 20.7. The standard InChI is InChI=1S/C19H22N2O3/c1-14-12-21(18(13-24-14)15-6-4-3-5-7-15)19(22)11-16-10-17(23-2)8-9-20-16/h3-10,14,18H,11-13H2,1-2H3/t14-,18+/m0/s1. The number of benzene rings is 1. The van der Waals surface area contributed by atoms with E-state index in [1.165, 1.54) is 0 Å². The number of carbonyl (C=O) groups is 1. The quantitative estimate of drug-likeness (QED) is 0.867. The summed E-state index contributed by atoms with van der Waals surface area (Å²) in [5, 5.41) is 0. The van der Waals surface area contributed by atoms with Gasteiger partial charge in [-0.25, -0.2) is 0 Å². The Labute approximate surface area is 142 Å².